The summed E-state index contributed by atoms with van der Waals surface area (Å²) in [6.45, 7) is 5.01. The van der Waals surface area contributed by atoms with Gasteiger partial charge in [-0.25, -0.2) is 8.78 Å². The summed E-state index contributed by atoms with van der Waals surface area (Å²) in [6.07, 6.45) is 6.22. The van der Waals surface area contributed by atoms with Crippen LogP contribution in [0.15, 0.2) is 18.2 Å². The van der Waals surface area contributed by atoms with Gasteiger partial charge in [-0.05, 0) is 49.8 Å². The second kappa shape index (κ2) is 6.00. The summed E-state index contributed by atoms with van der Waals surface area (Å²) in [5, 5.41) is 3.39. The molecule has 1 aliphatic rings. The zero-order chi connectivity index (χ0) is 13.9. The molecule has 1 atom stereocenters. The van der Waals surface area contributed by atoms with Gasteiger partial charge < -0.3 is 5.32 Å². The Morgan fingerprint density at radius 1 is 1.26 bits per heavy atom. The van der Waals surface area contributed by atoms with Gasteiger partial charge in [-0.15, -0.1) is 0 Å². The van der Waals surface area contributed by atoms with Gasteiger partial charge in [0.25, 0.3) is 0 Å². The van der Waals surface area contributed by atoms with E-state index in [1.807, 2.05) is 6.92 Å². The van der Waals surface area contributed by atoms with E-state index in [1.54, 1.807) is 0 Å². The molecule has 0 radical (unpaired) electrons. The molecule has 1 aromatic rings. The molecule has 106 valence electrons. The van der Waals surface area contributed by atoms with E-state index in [-0.39, 0.29) is 17.7 Å². The minimum Gasteiger partial charge on any atom is -0.310 e. The molecule has 1 fully saturated rings. The average molecular weight is 267 g/mol. The number of halogens is 2. The third kappa shape index (κ3) is 3.33. The summed E-state index contributed by atoms with van der Waals surface area (Å²) in [4.78, 5) is 0. The van der Waals surface area contributed by atoms with Crippen LogP contribution in [0.2, 0.25) is 0 Å². The van der Waals surface area contributed by atoms with E-state index in [0.717, 1.165) is 19.0 Å². The third-order valence-corrected chi connectivity index (χ3v) is 4.62. The zero-order valence-electron chi connectivity index (χ0n) is 11.8. The van der Waals surface area contributed by atoms with Crippen molar-refractivity contribution in [1.82, 2.24) is 5.32 Å². The fraction of sp³-hybridized carbons (Fsp3) is 0.625. The number of hydrogen-bond donors (Lipinski definition) is 1. The average Bonchev–Trinajstić information content (AvgIpc) is 2.88. The molecule has 1 aliphatic carbocycles. The van der Waals surface area contributed by atoms with Crippen LogP contribution < -0.4 is 5.32 Å². The van der Waals surface area contributed by atoms with Crippen LogP contribution in [0, 0.1) is 17.0 Å². The van der Waals surface area contributed by atoms with Gasteiger partial charge in [-0.2, -0.15) is 0 Å². The van der Waals surface area contributed by atoms with Crippen molar-refractivity contribution in [2.75, 3.05) is 6.54 Å². The Balaban J connectivity index is 2.00. The maximum Gasteiger partial charge on any atom is 0.128 e. The molecular formula is C16H23F2N. The summed E-state index contributed by atoms with van der Waals surface area (Å²) in [6, 6.07) is 3.50. The molecule has 3 heteroatoms. The molecule has 0 saturated heterocycles. The summed E-state index contributed by atoms with van der Waals surface area (Å²) in [5.74, 6) is -0.713. The van der Waals surface area contributed by atoms with E-state index in [2.05, 4.69) is 12.2 Å². The lowest BCUT2D eigenvalue weighted by molar-refractivity contribution is 0.258. The minimum atomic E-state index is -0.379. The molecule has 1 aromatic carbocycles. The first kappa shape index (κ1) is 14.4. The summed E-state index contributed by atoms with van der Waals surface area (Å²) >= 11 is 0. The highest BCUT2D eigenvalue weighted by Gasteiger charge is 2.32. The van der Waals surface area contributed by atoms with Crippen molar-refractivity contribution in [2.24, 2.45) is 5.41 Å². The van der Waals surface area contributed by atoms with Crippen molar-refractivity contribution >= 4 is 0 Å². The first-order valence-electron chi connectivity index (χ1n) is 7.25. The van der Waals surface area contributed by atoms with E-state index >= 15 is 0 Å². The van der Waals surface area contributed by atoms with Gasteiger partial charge in [0.05, 0.1) is 0 Å². The smallest absolute Gasteiger partial charge is 0.128 e. The molecule has 0 heterocycles. The Hall–Kier alpha value is -0.960. The van der Waals surface area contributed by atoms with Gasteiger partial charge in [0.2, 0.25) is 0 Å². The maximum atomic E-state index is 13.7. The number of rotatable bonds is 5. The number of nitrogens with one attached hydrogen (secondary N) is 1. The van der Waals surface area contributed by atoms with Crippen molar-refractivity contribution in [2.45, 2.75) is 52.0 Å². The maximum absolute atomic E-state index is 13.7. The van der Waals surface area contributed by atoms with Crippen LogP contribution >= 0.6 is 0 Å². The van der Waals surface area contributed by atoms with Crippen LogP contribution in [0.1, 0.15) is 57.6 Å². The highest BCUT2D eigenvalue weighted by molar-refractivity contribution is 5.21. The molecule has 2 rings (SSSR count). The van der Waals surface area contributed by atoms with Crippen molar-refractivity contribution in [1.29, 1.82) is 0 Å². The Morgan fingerprint density at radius 3 is 2.58 bits per heavy atom. The molecule has 1 unspecified atom stereocenters. The minimum absolute atomic E-state index is 0.153. The van der Waals surface area contributed by atoms with Crippen molar-refractivity contribution in [3.8, 4) is 0 Å². The topological polar surface area (TPSA) is 12.0 Å². The quantitative estimate of drug-likeness (QED) is 0.823. The van der Waals surface area contributed by atoms with Crippen molar-refractivity contribution in [3.05, 3.63) is 35.4 Å². The monoisotopic (exact) mass is 267 g/mol. The van der Waals surface area contributed by atoms with Gasteiger partial charge in [0.1, 0.15) is 11.6 Å². The fourth-order valence-corrected chi connectivity index (χ4v) is 3.11. The predicted molar refractivity (Wildman–Crippen MR) is 74.0 cm³/mol. The lowest BCUT2D eigenvalue weighted by atomic mass is 9.83. The van der Waals surface area contributed by atoms with E-state index in [0.29, 0.717) is 11.0 Å². The standard InChI is InChI=1S/C16H23F2N/c1-3-16(8-4-5-9-16)11-19-12(2)14-10-13(17)6-7-15(14)18/h6-7,10,12,19H,3-5,8-9,11H2,1-2H3. The fourth-order valence-electron chi connectivity index (χ4n) is 3.11. The molecule has 1 N–H and O–H groups in total. The summed E-state index contributed by atoms with van der Waals surface area (Å²) < 4.78 is 26.9. The third-order valence-electron chi connectivity index (χ3n) is 4.62. The van der Waals surface area contributed by atoms with Gasteiger partial charge in [-0.3, -0.25) is 0 Å². The lowest BCUT2D eigenvalue weighted by Gasteiger charge is -2.30. The van der Waals surface area contributed by atoms with Crippen LogP contribution in [-0.4, -0.2) is 6.54 Å². The van der Waals surface area contributed by atoms with Crippen molar-refractivity contribution < 1.29 is 8.78 Å². The zero-order valence-corrected chi connectivity index (χ0v) is 11.8. The first-order chi connectivity index (χ1) is 9.06. The van der Waals surface area contributed by atoms with Gasteiger partial charge >= 0.3 is 0 Å². The molecule has 1 nitrogen and oxygen atoms in total. The van der Waals surface area contributed by atoms with Gasteiger partial charge in [0.15, 0.2) is 0 Å². The largest absolute Gasteiger partial charge is 0.310 e. The molecule has 0 amide bonds. The number of benzene rings is 1. The Bertz CT molecular complexity index is 425. The first-order valence-corrected chi connectivity index (χ1v) is 7.25. The molecule has 0 aromatic heterocycles. The SMILES string of the molecule is CCC1(CNC(C)c2cc(F)ccc2F)CCCC1. The van der Waals surface area contributed by atoms with Crippen LogP contribution in [-0.2, 0) is 0 Å². The molecule has 1 saturated carbocycles. The number of hydrogen-bond acceptors (Lipinski definition) is 1. The van der Waals surface area contributed by atoms with Crippen LogP contribution in [0.25, 0.3) is 0 Å². The Labute approximate surface area is 114 Å². The van der Waals surface area contributed by atoms with Crippen LogP contribution in [0.4, 0.5) is 8.78 Å². The van der Waals surface area contributed by atoms with Crippen molar-refractivity contribution in [3.63, 3.8) is 0 Å². The molecule has 19 heavy (non-hydrogen) atoms. The molecule has 0 spiro atoms. The van der Waals surface area contributed by atoms with E-state index in [1.165, 1.54) is 37.8 Å². The van der Waals surface area contributed by atoms with Gasteiger partial charge in [0, 0.05) is 18.2 Å². The predicted octanol–water partition coefficient (Wildman–Crippen LogP) is 4.59. The van der Waals surface area contributed by atoms with Gasteiger partial charge in [-0.1, -0.05) is 19.8 Å². The highest BCUT2D eigenvalue weighted by Crippen LogP contribution is 2.40. The lowest BCUT2D eigenvalue weighted by Crippen LogP contribution is -2.33. The highest BCUT2D eigenvalue weighted by atomic mass is 19.1. The second-order valence-corrected chi connectivity index (χ2v) is 5.83. The normalized spacial score (nSPS) is 19.6. The van der Waals surface area contributed by atoms with E-state index in [4.69, 9.17) is 0 Å². The Kier molecular flexibility index (Phi) is 4.56. The second-order valence-electron chi connectivity index (χ2n) is 5.83. The molecule has 0 bridgehead atoms. The molecular weight excluding hydrogens is 244 g/mol. The van der Waals surface area contributed by atoms with E-state index < -0.39 is 0 Å². The Morgan fingerprint density at radius 2 is 1.95 bits per heavy atom. The van der Waals surface area contributed by atoms with Crippen LogP contribution in [0.5, 0.6) is 0 Å². The molecule has 0 aliphatic heterocycles. The summed E-state index contributed by atoms with van der Waals surface area (Å²) in [7, 11) is 0. The van der Waals surface area contributed by atoms with E-state index in [9.17, 15) is 8.78 Å². The summed E-state index contributed by atoms with van der Waals surface area (Å²) in [5.41, 5.74) is 0.780. The van der Waals surface area contributed by atoms with Crippen LogP contribution in [0.3, 0.4) is 0 Å².